The molecule has 0 amide bonds. The molecule has 1 aromatic carbocycles. The highest BCUT2D eigenvalue weighted by Crippen LogP contribution is 2.51. The Morgan fingerprint density at radius 2 is 1.83 bits per heavy atom. The summed E-state index contributed by atoms with van der Waals surface area (Å²) in [5.74, 6) is -1.90. The zero-order chi connectivity index (χ0) is 25.4. The van der Waals surface area contributed by atoms with Gasteiger partial charge in [-0.25, -0.2) is 4.79 Å². The van der Waals surface area contributed by atoms with Gasteiger partial charge >= 0.3 is 5.97 Å². The summed E-state index contributed by atoms with van der Waals surface area (Å²) in [6, 6.07) is 9.06. The van der Waals surface area contributed by atoms with Crippen LogP contribution in [-0.2, 0) is 23.7 Å². The van der Waals surface area contributed by atoms with E-state index < -0.39 is 72.8 Å². The number of aliphatic hydroxyl groups excluding tert-OH is 5. The number of carbonyl (C=O) groups is 1. The molecule has 11 heteroatoms. The maximum absolute atomic E-state index is 12.6. The standard InChI is InChI=1S/C24H30O11/c1-23(35-16(27)8-7-13-5-3-2-4-6-13)11-15(26)24(31)9-10-32-22(20(23)24)34-21-19(30)18(29)17(28)14(12-25)33-21/h2-10,14-15,17-22,25-26,28-31H,11-12H2,1H3/b8-7+/t14-,15+,17-,18+,19-,20?,21+,22+,23+,24-/m1/s1. The minimum atomic E-state index is -1.91. The van der Waals surface area contributed by atoms with E-state index in [1.807, 2.05) is 18.2 Å². The number of ether oxygens (including phenoxy) is 4. The van der Waals surface area contributed by atoms with Crippen LogP contribution in [0.3, 0.4) is 0 Å². The summed E-state index contributed by atoms with van der Waals surface area (Å²) in [6.07, 6.45) is -5.57. The van der Waals surface area contributed by atoms with Crippen molar-refractivity contribution in [3.63, 3.8) is 0 Å². The van der Waals surface area contributed by atoms with Crippen LogP contribution in [0.2, 0.25) is 0 Å². The van der Waals surface area contributed by atoms with Crippen molar-refractivity contribution in [1.82, 2.24) is 0 Å². The molecule has 0 radical (unpaired) electrons. The van der Waals surface area contributed by atoms with Crippen LogP contribution in [0.15, 0.2) is 48.7 Å². The molecule has 6 N–H and O–H groups in total. The quantitative estimate of drug-likeness (QED) is 0.207. The first-order chi connectivity index (χ1) is 16.6. The van der Waals surface area contributed by atoms with E-state index in [0.717, 1.165) is 11.8 Å². The minimum Gasteiger partial charge on any atom is -0.472 e. The molecule has 0 bridgehead atoms. The minimum absolute atomic E-state index is 0.151. The number of rotatable bonds is 6. The van der Waals surface area contributed by atoms with E-state index in [1.165, 1.54) is 19.1 Å². The first-order valence-corrected chi connectivity index (χ1v) is 11.2. The number of carbonyl (C=O) groups excluding carboxylic acids is 1. The molecule has 3 aliphatic rings. The second-order valence-electron chi connectivity index (χ2n) is 9.20. The third-order valence-electron chi connectivity index (χ3n) is 6.77. The summed E-state index contributed by atoms with van der Waals surface area (Å²) < 4.78 is 22.3. The molecule has 1 unspecified atom stereocenters. The number of fused-ring (bicyclic) bond motifs is 1. The van der Waals surface area contributed by atoms with Gasteiger partial charge in [0, 0.05) is 12.5 Å². The molecular weight excluding hydrogens is 464 g/mol. The molecule has 1 aliphatic carbocycles. The number of benzene rings is 1. The Morgan fingerprint density at radius 3 is 2.51 bits per heavy atom. The van der Waals surface area contributed by atoms with E-state index in [0.29, 0.717) is 0 Å². The van der Waals surface area contributed by atoms with E-state index in [1.54, 1.807) is 18.2 Å². The van der Waals surface area contributed by atoms with Crippen molar-refractivity contribution in [2.75, 3.05) is 6.61 Å². The molecule has 2 fully saturated rings. The molecule has 1 aromatic rings. The second kappa shape index (κ2) is 9.96. The topological polar surface area (TPSA) is 175 Å². The van der Waals surface area contributed by atoms with Crippen molar-refractivity contribution in [2.45, 2.75) is 67.6 Å². The van der Waals surface area contributed by atoms with Gasteiger partial charge in [-0.2, -0.15) is 0 Å². The summed E-state index contributed by atoms with van der Waals surface area (Å²) in [4.78, 5) is 12.6. The molecule has 0 aromatic heterocycles. The molecule has 2 aliphatic heterocycles. The molecule has 2 heterocycles. The van der Waals surface area contributed by atoms with E-state index in [9.17, 15) is 35.4 Å². The first-order valence-electron chi connectivity index (χ1n) is 11.2. The summed E-state index contributed by atoms with van der Waals surface area (Å²) in [5.41, 5.74) is -2.62. The van der Waals surface area contributed by atoms with E-state index in [4.69, 9.17) is 18.9 Å². The number of aliphatic hydroxyl groups is 6. The normalized spacial score (nSPS) is 43.1. The Kier molecular flexibility index (Phi) is 7.32. The van der Waals surface area contributed by atoms with Crippen molar-refractivity contribution in [3.05, 3.63) is 54.3 Å². The molecular formula is C24H30O11. The van der Waals surface area contributed by atoms with E-state index in [-0.39, 0.29) is 6.42 Å². The van der Waals surface area contributed by atoms with Crippen molar-refractivity contribution < 1.29 is 54.4 Å². The Morgan fingerprint density at radius 1 is 1.11 bits per heavy atom. The van der Waals surface area contributed by atoms with Crippen molar-refractivity contribution in [3.8, 4) is 0 Å². The molecule has 1 saturated carbocycles. The fourth-order valence-electron chi connectivity index (χ4n) is 4.92. The van der Waals surface area contributed by atoms with E-state index in [2.05, 4.69) is 0 Å². The van der Waals surface area contributed by atoms with Gasteiger partial charge in [-0.3, -0.25) is 0 Å². The molecule has 1 saturated heterocycles. The molecule has 35 heavy (non-hydrogen) atoms. The zero-order valence-corrected chi connectivity index (χ0v) is 19.0. The van der Waals surface area contributed by atoms with Crippen LogP contribution < -0.4 is 0 Å². The monoisotopic (exact) mass is 494 g/mol. The van der Waals surface area contributed by atoms with Gasteiger partial charge in [0.1, 0.15) is 35.6 Å². The Bertz CT molecular complexity index is 950. The van der Waals surface area contributed by atoms with Gasteiger partial charge in [0.2, 0.25) is 6.29 Å². The third-order valence-corrected chi connectivity index (χ3v) is 6.77. The fraction of sp³-hybridized carbons (Fsp3) is 0.542. The van der Waals surface area contributed by atoms with Crippen LogP contribution in [0.5, 0.6) is 0 Å². The highest BCUT2D eigenvalue weighted by atomic mass is 16.8. The first kappa shape index (κ1) is 25.7. The maximum Gasteiger partial charge on any atom is 0.331 e. The van der Waals surface area contributed by atoms with Crippen LogP contribution in [0.1, 0.15) is 18.9 Å². The van der Waals surface area contributed by atoms with E-state index >= 15 is 0 Å². The molecule has 4 rings (SSSR count). The van der Waals surface area contributed by atoms with Gasteiger partial charge in [0.15, 0.2) is 6.29 Å². The van der Waals surface area contributed by atoms with Crippen LogP contribution in [-0.4, -0.2) is 97.5 Å². The van der Waals surface area contributed by atoms with Crippen LogP contribution >= 0.6 is 0 Å². The Labute approximate surface area is 201 Å². The summed E-state index contributed by atoms with van der Waals surface area (Å²) in [7, 11) is 0. The van der Waals surface area contributed by atoms with Crippen LogP contribution in [0, 0.1) is 5.92 Å². The van der Waals surface area contributed by atoms with Gasteiger partial charge in [0.25, 0.3) is 0 Å². The van der Waals surface area contributed by atoms with Crippen molar-refractivity contribution in [2.24, 2.45) is 5.92 Å². The van der Waals surface area contributed by atoms with Gasteiger partial charge in [0.05, 0.1) is 24.9 Å². The Balaban J connectivity index is 1.55. The lowest BCUT2D eigenvalue weighted by molar-refractivity contribution is -0.351. The summed E-state index contributed by atoms with van der Waals surface area (Å²) in [6.45, 7) is 0.852. The molecule has 0 spiro atoms. The smallest absolute Gasteiger partial charge is 0.331 e. The van der Waals surface area contributed by atoms with Gasteiger partial charge < -0.3 is 49.6 Å². The fourth-order valence-corrected chi connectivity index (χ4v) is 4.92. The van der Waals surface area contributed by atoms with Crippen LogP contribution in [0.4, 0.5) is 0 Å². The molecule has 192 valence electrons. The third kappa shape index (κ3) is 4.86. The lowest BCUT2D eigenvalue weighted by atomic mass is 9.81. The highest BCUT2D eigenvalue weighted by Gasteiger charge is 2.66. The molecule has 10 atom stereocenters. The largest absolute Gasteiger partial charge is 0.472 e. The average molecular weight is 494 g/mol. The average Bonchev–Trinajstić information content (AvgIpc) is 3.03. The Hall–Kier alpha value is -2.35. The van der Waals surface area contributed by atoms with Gasteiger partial charge in [-0.15, -0.1) is 0 Å². The summed E-state index contributed by atoms with van der Waals surface area (Å²) >= 11 is 0. The number of hydrogen-bond acceptors (Lipinski definition) is 11. The lowest BCUT2D eigenvalue weighted by Crippen LogP contribution is -2.62. The maximum atomic E-state index is 12.6. The zero-order valence-electron chi connectivity index (χ0n) is 19.0. The number of esters is 1. The van der Waals surface area contributed by atoms with Crippen LogP contribution in [0.25, 0.3) is 6.08 Å². The predicted octanol–water partition coefficient (Wildman–Crippen LogP) is -1.20. The highest BCUT2D eigenvalue weighted by molar-refractivity contribution is 5.87. The predicted molar refractivity (Wildman–Crippen MR) is 118 cm³/mol. The molecule has 11 nitrogen and oxygen atoms in total. The number of hydrogen-bond donors (Lipinski definition) is 6. The summed E-state index contributed by atoms with van der Waals surface area (Å²) in [5, 5.41) is 61.7. The second-order valence-corrected chi connectivity index (χ2v) is 9.20. The van der Waals surface area contributed by atoms with Gasteiger partial charge in [-0.1, -0.05) is 30.3 Å². The van der Waals surface area contributed by atoms with Gasteiger partial charge in [-0.05, 0) is 24.6 Å². The lowest BCUT2D eigenvalue weighted by Gasteiger charge is -2.45. The van der Waals surface area contributed by atoms with Crippen molar-refractivity contribution >= 4 is 12.0 Å². The van der Waals surface area contributed by atoms with Crippen molar-refractivity contribution in [1.29, 1.82) is 0 Å². The SMILES string of the molecule is C[C@]1(OC(=O)/C=C/c2ccccc2)C[C@H](O)[C@]2(O)C=CO[C@@H](O[C@@H]3O[C@H](CO)[C@@H](O)[C@H](O)[C@H]3O)C12.